The van der Waals surface area contributed by atoms with Gasteiger partial charge in [0.05, 0.1) is 17.9 Å². The van der Waals surface area contributed by atoms with Crippen LogP contribution >= 0.6 is 0 Å². The van der Waals surface area contributed by atoms with Crippen molar-refractivity contribution in [3.8, 4) is 11.3 Å². The zero-order chi connectivity index (χ0) is 25.8. The predicted molar refractivity (Wildman–Crippen MR) is 144 cm³/mol. The number of fused-ring (bicyclic) bond motifs is 1. The van der Waals surface area contributed by atoms with Crippen molar-refractivity contribution in [1.82, 2.24) is 25.2 Å². The topological polar surface area (TPSA) is 88.1 Å². The van der Waals surface area contributed by atoms with Gasteiger partial charge in [-0.2, -0.15) is 0 Å². The SMILES string of the molecule is CCNCC(=O)N1CCC(c2ccc(Cc3nc(-c4cncnc4)cc4c3C(=O)CC=C4)cc2C)CC1. The third-order valence-electron chi connectivity index (χ3n) is 7.38. The molecule has 1 aromatic carbocycles. The number of benzene rings is 1. The number of allylic oxidation sites excluding steroid dienone is 1. The first-order valence-corrected chi connectivity index (χ1v) is 13.1. The number of ketones is 1. The molecule has 3 aromatic rings. The van der Waals surface area contributed by atoms with Gasteiger partial charge >= 0.3 is 0 Å². The summed E-state index contributed by atoms with van der Waals surface area (Å²) in [6.45, 7) is 7.01. The maximum Gasteiger partial charge on any atom is 0.236 e. The van der Waals surface area contributed by atoms with E-state index in [9.17, 15) is 9.59 Å². The predicted octanol–water partition coefficient (Wildman–Crippen LogP) is 4.35. The summed E-state index contributed by atoms with van der Waals surface area (Å²) in [5.74, 6) is 0.757. The maximum absolute atomic E-state index is 12.9. The number of rotatable bonds is 7. The molecule has 1 aliphatic heterocycles. The lowest BCUT2D eigenvalue weighted by atomic mass is 9.85. The average Bonchev–Trinajstić information content (AvgIpc) is 2.92. The van der Waals surface area contributed by atoms with Gasteiger partial charge in [0.2, 0.25) is 5.91 Å². The van der Waals surface area contributed by atoms with Crippen LogP contribution in [0.1, 0.15) is 70.4 Å². The van der Waals surface area contributed by atoms with E-state index in [0.717, 1.165) is 66.1 Å². The number of Topliss-reactive ketones (excluding diaryl/α,β-unsaturated/α-hetero) is 1. The molecule has 0 bridgehead atoms. The van der Waals surface area contributed by atoms with Gasteiger partial charge in [0.1, 0.15) is 6.33 Å². The summed E-state index contributed by atoms with van der Waals surface area (Å²) in [6.07, 6.45) is 11.9. The molecule has 0 saturated carbocycles. The van der Waals surface area contributed by atoms with Crippen molar-refractivity contribution in [3.05, 3.63) is 82.6 Å². The number of carbonyl (C=O) groups excluding carboxylic acids is 2. The number of aromatic nitrogens is 3. The van der Waals surface area contributed by atoms with Gasteiger partial charge in [0.15, 0.2) is 5.78 Å². The molecule has 0 atom stereocenters. The molecule has 1 N–H and O–H groups in total. The Morgan fingerprint density at radius 3 is 2.65 bits per heavy atom. The lowest BCUT2D eigenvalue weighted by Gasteiger charge is -2.33. The fraction of sp³-hybridized carbons (Fsp3) is 0.367. The Bertz CT molecular complexity index is 1330. The zero-order valence-electron chi connectivity index (χ0n) is 21.5. The minimum Gasteiger partial charge on any atom is -0.342 e. The normalized spacial score (nSPS) is 15.6. The second-order valence-electron chi connectivity index (χ2n) is 9.88. The summed E-state index contributed by atoms with van der Waals surface area (Å²) >= 11 is 0. The number of likely N-dealkylation sites (N-methyl/N-ethyl adjacent to an activating group) is 1. The van der Waals surface area contributed by atoms with Crippen LogP contribution in [0.2, 0.25) is 0 Å². The van der Waals surface area contributed by atoms with E-state index in [1.165, 1.54) is 17.5 Å². The Hall–Kier alpha value is -3.71. The van der Waals surface area contributed by atoms with Crippen LogP contribution < -0.4 is 5.32 Å². The van der Waals surface area contributed by atoms with Crippen molar-refractivity contribution < 1.29 is 9.59 Å². The maximum atomic E-state index is 12.9. The van der Waals surface area contributed by atoms with E-state index >= 15 is 0 Å². The monoisotopic (exact) mass is 495 g/mol. The highest BCUT2D eigenvalue weighted by Crippen LogP contribution is 2.32. The number of likely N-dealkylation sites (tertiary alicyclic amines) is 1. The zero-order valence-corrected chi connectivity index (χ0v) is 21.5. The fourth-order valence-electron chi connectivity index (χ4n) is 5.46. The first-order chi connectivity index (χ1) is 18.0. The van der Waals surface area contributed by atoms with Crippen LogP contribution in [0.3, 0.4) is 0 Å². The van der Waals surface area contributed by atoms with Crippen LogP contribution in [0.25, 0.3) is 17.3 Å². The number of hydrogen-bond acceptors (Lipinski definition) is 6. The van der Waals surface area contributed by atoms with E-state index in [1.807, 2.05) is 30.0 Å². The molecule has 2 aromatic heterocycles. The molecule has 1 fully saturated rings. The first-order valence-electron chi connectivity index (χ1n) is 13.1. The Morgan fingerprint density at radius 1 is 1.14 bits per heavy atom. The van der Waals surface area contributed by atoms with Gasteiger partial charge in [0, 0.05) is 49.5 Å². The van der Waals surface area contributed by atoms with Crippen molar-refractivity contribution in [2.45, 2.75) is 45.4 Å². The molecule has 2 aliphatic rings. The van der Waals surface area contributed by atoms with Crippen molar-refractivity contribution in [3.63, 3.8) is 0 Å². The van der Waals surface area contributed by atoms with Crippen LogP contribution in [0, 0.1) is 6.92 Å². The highest BCUT2D eigenvalue weighted by molar-refractivity contribution is 6.04. The van der Waals surface area contributed by atoms with Crippen molar-refractivity contribution in [1.29, 1.82) is 0 Å². The first kappa shape index (κ1) is 25.0. The van der Waals surface area contributed by atoms with Crippen molar-refractivity contribution in [2.24, 2.45) is 0 Å². The third kappa shape index (κ3) is 5.52. The molecule has 1 aliphatic carbocycles. The third-order valence-corrected chi connectivity index (χ3v) is 7.38. The summed E-state index contributed by atoms with van der Waals surface area (Å²) < 4.78 is 0. The van der Waals surface area contributed by atoms with Gasteiger partial charge in [-0.15, -0.1) is 0 Å². The Kier molecular flexibility index (Phi) is 7.51. The van der Waals surface area contributed by atoms with Crippen LogP contribution in [0.15, 0.2) is 49.1 Å². The molecule has 0 spiro atoms. The summed E-state index contributed by atoms with van der Waals surface area (Å²) in [6, 6.07) is 8.58. The quantitative estimate of drug-likeness (QED) is 0.524. The summed E-state index contributed by atoms with van der Waals surface area (Å²) in [4.78, 5) is 40.4. The largest absolute Gasteiger partial charge is 0.342 e. The van der Waals surface area contributed by atoms with Crippen LogP contribution in [0.4, 0.5) is 0 Å². The number of aryl methyl sites for hydroxylation is 1. The van der Waals surface area contributed by atoms with E-state index in [1.54, 1.807) is 12.4 Å². The van der Waals surface area contributed by atoms with Gasteiger partial charge < -0.3 is 10.2 Å². The minimum atomic E-state index is 0.111. The molecule has 3 heterocycles. The van der Waals surface area contributed by atoms with Crippen molar-refractivity contribution >= 4 is 17.8 Å². The van der Waals surface area contributed by atoms with Crippen LogP contribution in [-0.4, -0.2) is 57.7 Å². The second-order valence-corrected chi connectivity index (χ2v) is 9.88. The Morgan fingerprint density at radius 2 is 1.92 bits per heavy atom. The molecule has 190 valence electrons. The van der Waals surface area contributed by atoms with Crippen molar-refractivity contribution in [2.75, 3.05) is 26.2 Å². The average molecular weight is 496 g/mol. The lowest BCUT2D eigenvalue weighted by molar-refractivity contribution is -0.131. The highest BCUT2D eigenvalue weighted by Gasteiger charge is 2.25. The number of nitrogens with zero attached hydrogens (tertiary/aromatic N) is 4. The van der Waals surface area contributed by atoms with E-state index in [0.29, 0.717) is 25.3 Å². The number of pyridine rings is 1. The number of nitrogens with one attached hydrogen (secondary N) is 1. The van der Waals surface area contributed by atoms with Gasteiger partial charge in [-0.3, -0.25) is 14.6 Å². The summed E-state index contributed by atoms with van der Waals surface area (Å²) in [7, 11) is 0. The molecule has 0 radical (unpaired) electrons. The molecule has 5 rings (SSSR count). The molecular weight excluding hydrogens is 462 g/mol. The fourth-order valence-corrected chi connectivity index (χ4v) is 5.46. The van der Waals surface area contributed by atoms with E-state index in [4.69, 9.17) is 4.98 Å². The van der Waals surface area contributed by atoms with Gasteiger partial charge in [-0.1, -0.05) is 37.3 Å². The standard InChI is InChI=1S/C30H33N5O2/c1-3-31-18-29(37)35-11-9-22(10-12-35)25-8-7-21(13-20(25)2)14-27-30-23(5-4-6-28(30)36)15-26(34-27)24-16-32-19-33-17-24/h4-5,7-8,13,15-17,19,22,31H,3,6,9-12,14,18H2,1-2H3. The number of hydrogen-bond donors (Lipinski definition) is 1. The number of piperidine rings is 1. The molecule has 1 saturated heterocycles. The smallest absolute Gasteiger partial charge is 0.236 e. The Labute approximate surface area is 218 Å². The van der Waals surface area contributed by atoms with E-state index < -0.39 is 0 Å². The summed E-state index contributed by atoms with van der Waals surface area (Å²) in [5, 5.41) is 3.13. The van der Waals surface area contributed by atoms with Gasteiger partial charge in [-0.25, -0.2) is 9.97 Å². The van der Waals surface area contributed by atoms with E-state index in [2.05, 4.69) is 40.4 Å². The highest BCUT2D eigenvalue weighted by atomic mass is 16.2. The van der Waals surface area contributed by atoms with Crippen LogP contribution in [-0.2, 0) is 11.2 Å². The number of amides is 1. The molecule has 7 nitrogen and oxygen atoms in total. The summed E-state index contributed by atoms with van der Waals surface area (Å²) in [5.41, 5.74) is 7.78. The molecule has 7 heteroatoms. The molecular formula is C30H33N5O2. The molecule has 1 amide bonds. The lowest BCUT2D eigenvalue weighted by Crippen LogP contribution is -2.42. The molecule has 0 unspecified atom stereocenters. The molecule has 37 heavy (non-hydrogen) atoms. The number of carbonyl (C=O) groups is 2. The van der Waals surface area contributed by atoms with Gasteiger partial charge in [-0.05, 0) is 60.5 Å². The van der Waals surface area contributed by atoms with E-state index in [-0.39, 0.29) is 11.7 Å². The minimum absolute atomic E-state index is 0.111. The second kappa shape index (κ2) is 11.1. The Balaban J connectivity index is 1.36. The van der Waals surface area contributed by atoms with Crippen LogP contribution in [0.5, 0.6) is 0 Å². The van der Waals surface area contributed by atoms with Gasteiger partial charge in [0.25, 0.3) is 0 Å².